The summed E-state index contributed by atoms with van der Waals surface area (Å²) in [5.74, 6) is -0.615. The second-order valence-corrected chi connectivity index (χ2v) is 3.39. The van der Waals surface area contributed by atoms with Gasteiger partial charge in [-0.15, -0.1) is 0 Å². The fourth-order valence-corrected chi connectivity index (χ4v) is 1.37. The highest BCUT2D eigenvalue weighted by Crippen LogP contribution is 2.20. The maximum absolute atomic E-state index is 10.7. The smallest absolute Gasteiger partial charge is 0.304 e. The molecule has 0 bridgehead atoms. The van der Waals surface area contributed by atoms with E-state index in [2.05, 4.69) is 4.74 Å². The Bertz CT molecular complexity index is 233. The summed E-state index contributed by atoms with van der Waals surface area (Å²) in [5.41, 5.74) is 5.48. The zero-order chi connectivity index (χ0) is 11.6. The van der Waals surface area contributed by atoms with E-state index in [9.17, 15) is 15.0 Å². The molecule has 0 aromatic heterocycles. The molecule has 0 aliphatic carbocycles. The molecule has 1 aliphatic heterocycles. The number of nitrogens with two attached hydrogens (primary N) is 1. The minimum atomic E-state index is -1.31. The molecule has 0 spiro atoms. The molecule has 88 valence electrons. The first-order chi connectivity index (χ1) is 6.97. The maximum Gasteiger partial charge on any atom is 0.304 e. The fraction of sp³-hybridized carbons (Fsp3) is 0.875. The number of hydrogen-bond donors (Lipinski definition) is 4. The van der Waals surface area contributed by atoms with Gasteiger partial charge in [0.05, 0.1) is 12.6 Å². The lowest BCUT2D eigenvalue weighted by Gasteiger charge is -2.39. The second kappa shape index (κ2) is 4.86. The van der Waals surface area contributed by atoms with Crippen molar-refractivity contribution in [2.75, 3.05) is 6.61 Å². The highest BCUT2D eigenvalue weighted by Gasteiger charge is 2.43. The molecule has 1 aliphatic rings. The van der Waals surface area contributed by atoms with E-state index >= 15 is 0 Å². The van der Waals surface area contributed by atoms with Crippen molar-refractivity contribution in [2.24, 2.45) is 5.73 Å². The summed E-state index contributed by atoms with van der Waals surface area (Å²) in [7, 11) is 0. The monoisotopic (exact) mass is 221 g/mol. The highest BCUT2D eigenvalue weighted by atomic mass is 16.7. The Hall–Kier alpha value is -0.730. The van der Waals surface area contributed by atoms with Crippen molar-refractivity contribution >= 4 is 5.97 Å². The van der Waals surface area contributed by atoms with Gasteiger partial charge in [0.1, 0.15) is 18.3 Å². The summed E-state index contributed by atoms with van der Waals surface area (Å²) in [5, 5.41) is 27.7. The van der Waals surface area contributed by atoms with Gasteiger partial charge >= 0.3 is 5.97 Å². The van der Waals surface area contributed by atoms with E-state index in [1.54, 1.807) is 0 Å². The number of rotatable bonds is 2. The predicted octanol–water partition coefficient (Wildman–Crippen LogP) is -2.68. The number of aliphatic hydroxyl groups is 3. The van der Waals surface area contributed by atoms with Crippen molar-refractivity contribution in [3.05, 3.63) is 0 Å². The van der Waals surface area contributed by atoms with Gasteiger partial charge in [-0.1, -0.05) is 0 Å². The first-order valence-corrected chi connectivity index (χ1v) is 4.52. The number of ether oxygens (including phenoxy) is 2. The predicted molar refractivity (Wildman–Crippen MR) is 47.5 cm³/mol. The van der Waals surface area contributed by atoms with Crippen LogP contribution < -0.4 is 5.73 Å². The van der Waals surface area contributed by atoms with Crippen LogP contribution in [-0.2, 0) is 14.3 Å². The number of carbonyl (C=O) groups is 1. The molecule has 7 heteroatoms. The minimum Gasteiger partial charge on any atom is -0.434 e. The fourth-order valence-electron chi connectivity index (χ4n) is 1.37. The lowest BCUT2D eigenvalue weighted by Crippen LogP contribution is -2.62. The van der Waals surface area contributed by atoms with Gasteiger partial charge in [-0.25, -0.2) is 0 Å². The summed E-state index contributed by atoms with van der Waals surface area (Å²) in [4.78, 5) is 10.7. The van der Waals surface area contributed by atoms with E-state index in [0.717, 1.165) is 0 Å². The first kappa shape index (κ1) is 12.3. The average molecular weight is 221 g/mol. The van der Waals surface area contributed by atoms with Gasteiger partial charge in [-0.05, 0) is 0 Å². The molecule has 5 N–H and O–H groups in total. The molecule has 1 rings (SSSR count). The van der Waals surface area contributed by atoms with Gasteiger partial charge in [-0.3, -0.25) is 4.79 Å². The first-order valence-electron chi connectivity index (χ1n) is 4.52. The van der Waals surface area contributed by atoms with Crippen molar-refractivity contribution in [1.82, 2.24) is 0 Å². The summed E-state index contributed by atoms with van der Waals surface area (Å²) >= 11 is 0. The largest absolute Gasteiger partial charge is 0.434 e. The van der Waals surface area contributed by atoms with Crippen molar-refractivity contribution < 1.29 is 29.6 Å². The summed E-state index contributed by atoms with van der Waals surface area (Å²) in [6, 6.07) is -1.04. The lowest BCUT2D eigenvalue weighted by atomic mass is 9.98. The Kier molecular flexibility index (Phi) is 4.00. The Labute approximate surface area is 86.4 Å². The molecule has 1 heterocycles. The number of hydrogen-bond acceptors (Lipinski definition) is 7. The number of esters is 1. The van der Waals surface area contributed by atoms with Crippen LogP contribution in [0.2, 0.25) is 0 Å². The van der Waals surface area contributed by atoms with Crippen LogP contribution in [0.15, 0.2) is 0 Å². The second-order valence-electron chi connectivity index (χ2n) is 3.39. The molecule has 1 saturated heterocycles. The van der Waals surface area contributed by atoms with E-state index in [1.165, 1.54) is 6.92 Å². The molecule has 0 saturated carbocycles. The molecule has 0 aromatic rings. The van der Waals surface area contributed by atoms with Crippen molar-refractivity contribution in [3.63, 3.8) is 0 Å². The zero-order valence-electron chi connectivity index (χ0n) is 8.24. The van der Waals surface area contributed by atoms with Crippen molar-refractivity contribution in [3.8, 4) is 0 Å². The van der Waals surface area contributed by atoms with E-state index in [-0.39, 0.29) is 0 Å². The van der Waals surface area contributed by atoms with Crippen LogP contribution >= 0.6 is 0 Å². The van der Waals surface area contributed by atoms with Gasteiger partial charge in [0.2, 0.25) is 6.29 Å². The van der Waals surface area contributed by atoms with Crippen LogP contribution in [0, 0.1) is 0 Å². The molecule has 0 radical (unpaired) electrons. The third-order valence-electron chi connectivity index (χ3n) is 2.21. The quantitative estimate of drug-likeness (QED) is 0.375. The molecule has 5 atom stereocenters. The van der Waals surface area contributed by atoms with E-state index < -0.39 is 43.2 Å². The SMILES string of the molecule is CC(=O)O[C@@H]1O[C@H](CO)[C@@H](O)[C@H](O)[C@H]1N. The number of aliphatic hydroxyl groups excluding tert-OH is 3. The highest BCUT2D eigenvalue weighted by molar-refractivity contribution is 5.66. The Morgan fingerprint density at radius 1 is 1.47 bits per heavy atom. The Balaban J connectivity index is 2.69. The summed E-state index contributed by atoms with van der Waals surface area (Å²) < 4.78 is 9.70. The molecule has 0 unspecified atom stereocenters. The molecule has 1 fully saturated rings. The van der Waals surface area contributed by atoms with E-state index in [0.29, 0.717) is 0 Å². The van der Waals surface area contributed by atoms with Crippen LogP contribution in [-0.4, -0.2) is 58.5 Å². The van der Waals surface area contributed by atoms with Crippen molar-refractivity contribution in [2.45, 2.75) is 37.6 Å². The van der Waals surface area contributed by atoms with Gasteiger partial charge < -0.3 is 30.5 Å². The summed E-state index contributed by atoms with van der Waals surface area (Å²) in [6.07, 6.45) is -4.76. The van der Waals surface area contributed by atoms with Gasteiger partial charge in [0, 0.05) is 6.92 Å². The van der Waals surface area contributed by atoms with Crippen LogP contribution in [0.5, 0.6) is 0 Å². The third kappa shape index (κ3) is 2.64. The topological polar surface area (TPSA) is 122 Å². The Morgan fingerprint density at radius 3 is 2.53 bits per heavy atom. The Morgan fingerprint density at radius 2 is 2.07 bits per heavy atom. The van der Waals surface area contributed by atoms with Gasteiger partial charge in [0.25, 0.3) is 0 Å². The van der Waals surface area contributed by atoms with Gasteiger partial charge in [-0.2, -0.15) is 0 Å². The maximum atomic E-state index is 10.7. The standard InChI is InChI=1S/C8H15NO6/c1-3(11)14-8-5(9)7(13)6(12)4(2-10)15-8/h4-8,10,12-13H,2,9H2,1H3/t4-,5-,6-,7-,8-/m1/s1. The van der Waals surface area contributed by atoms with Gasteiger partial charge in [0.15, 0.2) is 0 Å². The average Bonchev–Trinajstić information content (AvgIpc) is 2.18. The lowest BCUT2D eigenvalue weighted by molar-refractivity contribution is -0.258. The normalized spacial score (nSPS) is 41.3. The van der Waals surface area contributed by atoms with E-state index in [1.807, 2.05) is 0 Å². The molecule has 7 nitrogen and oxygen atoms in total. The van der Waals surface area contributed by atoms with Crippen molar-refractivity contribution in [1.29, 1.82) is 0 Å². The van der Waals surface area contributed by atoms with E-state index in [4.69, 9.17) is 15.6 Å². The minimum absolute atomic E-state index is 0.497. The molecular formula is C8H15NO6. The third-order valence-corrected chi connectivity index (χ3v) is 2.21. The molecular weight excluding hydrogens is 206 g/mol. The summed E-state index contributed by atoms with van der Waals surface area (Å²) in [6.45, 7) is 0.671. The molecule has 15 heavy (non-hydrogen) atoms. The van der Waals surface area contributed by atoms with Crippen LogP contribution in [0.25, 0.3) is 0 Å². The van der Waals surface area contributed by atoms with Crippen LogP contribution in [0.4, 0.5) is 0 Å². The molecule has 0 aromatic carbocycles. The van der Waals surface area contributed by atoms with Crippen LogP contribution in [0.1, 0.15) is 6.92 Å². The van der Waals surface area contributed by atoms with Crippen LogP contribution in [0.3, 0.4) is 0 Å². The zero-order valence-corrected chi connectivity index (χ0v) is 8.24. The molecule has 0 amide bonds. The number of carbonyl (C=O) groups excluding carboxylic acids is 1.